The zero-order valence-corrected chi connectivity index (χ0v) is 16.2. The summed E-state index contributed by atoms with van der Waals surface area (Å²) in [7, 11) is 3.93. The Morgan fingerprint density at radius 2 is 1.96 bits per heavy atom. The van der Waals surface area contributed by atoms with Crippen LogP contribution < -0.4 is 16.0 Å². The van der Waals surface area contributed by atoms with Crippen LogP contribution in [-0.2, 0) is 14.3 Å². The number of nitrogens with zero attached hydrogens (tertiary/aromatic N) is 2. The van der Waals surface area contributed by atoms with Crippen molar-refractivity contribution in [2.75, 3.05) is 31.4 Å². The number of allylic oxidation sites excluding steroid dienone is 1. The molecule has 1 aliphatic heterocycles. The lowest BCUT2D eigenvalue weighted by molar-refractivity contribution is -0.139. The standard InChI is InChI=1S/C18H24N4O3S/c1-5-25-17(24)15-11(2)20-18(26-10-14(19)23)21-16(15)12-6-8-13(9-7-12)22(3)4/h6-9,16H,5,10H2,1-4H3,(H2,19,23)(H,20,21)/t16-/m0/s1. The topological polar surface area (TPSA) is 97.0 Å². The monoisotopic (exact) mass is 376 g/mol. The Hall–Kier alpha value is -2.48. The molecule has 0 saturated carbocycles. The summed E-state index contributed by atoms with van der Waals surface area (Å²) in [5.41, 5.74) is 8.26. The molecule has 0 unspecified atom stereocenters. The Balaban J connectivity index is 2.39. The van der Waals surface area contributed by atoms with Gasteiger partial charge in [-0.2, -0.15) is 0 Å². The van der Waals surface area contributed by atoms with Gasteiger partial charge in [-0.25, -0.2) is 9.79 Å². The number of nitrogens with one attached hydrogen (secondary N) is 1. The Bertz CT molecular complexity index is 741. The maximum Gasteiger partial charge on any atom is 0.338 e. The van der Waals surface area contributed by atoms with Gasteiger partial charge in [0.1, 0.15) is 6.04 Å². The molecule has 3 N–H and O–H groups in total. The first-order chi connectivity index (χ1) is 12.3. The van der Waals surface area contributed by atoms with Crippen molar-refractivity contribution in [3.8, 4) is 0 Å². The van der Waals surface area contributed by atoms with Gasteiger partial charge in [-0.15, -0.1) is 0 Å². The van der Waals surface area contributed by atoms with E-state index in [0.29, 0.717) is 16.4 Å². The number of amides is 1. The maximum atomic E-state index is 12.5. The van der Waals surface area contributed by atoms with Crippen molar-refractivity contribution >= 4 is 34.5 Å². The van der Waals surface area contributed by atoms with Crippen LogP contribution in [0.2, 0.25) is 0 Å². The highest BCUT2D eigenvalue weighted by Crippen LogP contribution is 2.33. The fraction of sp³-hybridized carbons (Fsp3) is 0.389. The van der Waals surface area contributed by atoms with E-state index in [1.807, 2.05) is 43.3 Å². The lowest BCUT2D eigenvalue weighted by Crippen LogP contribution is -2.31. The number of amidine groups is 1. The molecule has 1 aromatic rings. The number of anilines is 1. The summed E-state index contributed by atoms with van der Waals surface area (Å²) in [6, 6.07) is 7.33. The summed E-state index contributed by atoms with van der Waals surface area (Å²) in [6.07, 6.45) is 0. The van der Waals surface area contributed by atoms with E-state index in [1.165, 1.54) is 11.8 Å². The van der Waals surface area contributed by atoms with Crippen LogP contribution in [0.25, 0.3) is 0 Å². The minimum absolute atomic E-state index is 0.111. The van der Waals surface area contributed by atoms with Gasteiger partial charge in [0.2, 0.25) is 5.91 Å². The zero-order valence-electron chi connectivity index (χ0n) is 15.4. The van der Waals surface area contributed by atoms with Crippen LogP contribution in [0.3, 0.4) is 0 Å². The van der Waals surface area contributed by atoms with Gasteiger partial charge in [-0.1, -0.05) is 23.9 Å². The molecule has 1 aromatic carbocycles. The maximum absolute atomic E-state index is 12.5. The highest BCUT2D eigenvalue weighted by Gasteiger charge is 2.30. The average molecular weight is 376 g/mol. The molecule has 1 atom stereocenters. The van der Waals surface area contributed by atoms with E-state index >= 15 is 0 Å². The van der Waals surface area contributed by atoms with E-state index < -0.39 is 17.9 Å². The summed E-state index contributed by atoms with van der Waals surface area (Å²) in [4.78, 5) is 30.1. The van der Waals surface area contributed by atoms with Gasteiger partial charge in [0.15, 0.2) is 5.17 Å². The first-order valence-corrected chi connectivity index (χ1v) is 9.23. The number of hydrogen-bond donors (Lipinski definition) is 2. The number of carbonyl (C=O) groups is 2. The summed E-state index contributed by atoms with van der Waals surface area (Å²) in [5.74, 6) is -0.716. The van der Waals surface area contributed by atoms with Gasteiger partial charge in [-0.05, 0) is 31.5 Å². The molecule has 7 nitrogen and oxygen atoms in total. The highest BCUT2D eigenvalue weighted by molar-refractivity contribution is 8.14. The summed E-state index contributed by atoms with van der Waals surface area (Å²) in [6.45, 7) is 3.85. The number of esters is 1. The van der Waals surface area contributed by atoms with E-state index in [-0.39, 0.29) is 12.4 Å². The number of aliphatic imine (C=N–C) groups is 1. The minimum Gasteiger partial charge on any atom is -0.463 e. The van der Waals surface area contributed by atoms with E-state index in [1.54, 1.807) is 13.8 Å². The fourth-order valence-corrected chi connectivity index (χ4v) is 3.21. The van der Waals surface area contributed by atoms with Crippen LogP contribution in [0, 0.1) is 0 Å². The van der Waals surface area contributed by atoms with Crippen molar-refractivity contribution in [2.45, 2.75) is 19.9 Å². The average Bonchev–Trinajstić information content (AvgIpc) is 2.59. The molecule has 140 valence electrons. The molecular weight excluding hydrogens is 352 g/mol. The van der Waals surface area contributed by atoms with Crippen LogP contribution in [0.15, 0.2) is 40.5 Å². The Kier molecular flexibility index (Phi) is 6.68. The van der Waals surface area contributed by atoms with Gasteiger partial charge in [-0.3, -0.25) is 4.79 Å². The number of carbonyl (C=O) groups excluding carboxylic acids is 2. The number of primary amides is 1. The minimum atomic E-state index is -0.498. The van der Waals surface area contributed by atoms with Crippen LogP contribution in [0.4, 0.5) is 5.69 Å². The van der Waals surface area contributed by atoms with E-state index in [4.69, 9.17) is 10.5 Å². The van der Waals surface area contributed by atoms with Crippen LogP contribution in [0.5, 0.6) is 0 Å². The normalized spacial score (nSPS) is 16.6. The molecule has 1 heterocycles. The molecule has 0 radical (unpaired) electrons. The third-order valence-corrected chi connectivity index (χ3v) is 4.70. The Labute approximate surface area is 157 Å². The molecule has 0 aliphatic carbocycles. The van der Waals surface area contributed by atoms with Crippen LogP contribution in [0.1, 0.15) is 25.5 Å². The summed E-state index contributed by atoms with van der Waals surface area (Å²) in [5, 5.41) is 3.62. The van der Waals surface area contributed by atoms with Crippen molar-refractivity contribution in [1.29, 1.82) is 0 Å². The smallest absolute Gasteiger partial charge is 0.338 e. The van der Waals surface area contributed by atoms with Gasteiger partial charge < -0.3 is 20.7 Å². The number of benzene rings is 1. The second kappa shape index (κ2) is 8.75. The van der Waals surface area contributed by atoms with Crippen LogP contribution in [-0.4, -0.2) is 43.5 Å². The second-order valence-electron chi connectivity index (χ2n) is 5.96. The van der Waals surface area contributed by atoms with Crippen molar-refractivity contribution in [1.82, 2.24) is 5.32 Å². The summed E-state index contributed by atoms with van der Waals surface area (Å²) < 4.78 is 5.20. The molecule has 0 saturated heterocycles. The third-order valence-electron chi connectivity index (χ3n) is 3.79. The van der Waals surface area contributed by atoms with Crippen molar-refractivity contribution < 1.29 is 14.3 Å². The largest absolute Gasteiger partial charge is 0.463 e. The molecule has 0 spiro atoms. The SMILES string of the molecule is CCOC(=O)C1=C(C)NC(SCC(N)=O)=N[C@H]1c1ccc(N(C)C)cc1. The van der Waals surface area contributed by atoms with Gasteiger partial charge in [0.25, 0.3) is 0 Å². The Morgan fingerprint density at radius 3 is 2.50 bits per heavy atom. The first-order valence-electron chi connectivity index (χ1n) is 8.24. The van der Waals surface area contributed by atoms with Gasteiger partial charge in [0, 0.05) is 25.5 Å². The molecule has 2 rings (SSSR count). The van der Waals surface area contributed by atoms with Crippen molar-refractivity contribution in [3.63, 3.8) is 0 Å². The molecule has 0 bridgehead atoms. The molecule has 1 aliphatic rings. The number of rotatable bonds is 6. The number of thioether (sulfide) groups is 1. The predicted molar refractivity (Wildman–Crippen MR) is 105 cm³/mol. The van der Waals surface area contributed by atoms with E-state index in [9.17, 15) is 9.59 Å². The number of nitrogens with two attached hydrogens (primary N) is 1. The van der Waals surface area contributed by atoms with Gasteiger partial charge >= 0.3 is 5.97 Å². The van der Waals surface area contributed by atoms with Gasteiger partial charge in [0.05, 0.1) is 17.9 Å². The quantitative estimate of drug-likeness (QED) is 0.735. The molecule has 26 heavy (non-hydrogen) atoms. The first kappa shape index (κ1) is 19.8. The zero-order chi connectivity index (χ0) is 19.3. The van der Waals surface area contributed by atoms with E-state index in [0.717, 1.165) is 11.3 Å². The molecule has 8 heteroatoms. The molecule has 1 amide bonds. The number of hydrogen-bond acceptors (Lipinski definition) is 7. The molecular formula is C18H24N4O3S. The highest BCUT2D eigenvalue weighted by atomic mass is 32.2. The van der Waals surface area contributed by atoms with Crippen molar-refractivity contribution in [2.24, 2.45) is 10.7 Å². The lowest BCUT2D eigenvalue weighted by Gasteiger charge is -2.26. The second-order valence-corrected chi connectivity index (χ2v) is 6.93. The fourth-order valence-electron chi connectivity index (χ4n) is 2.53. The lowest BCUT2D eigenvalue weighted by atomic mass is 9.96. The third kappa shape index (κ3) is 4.78. The van der Waals surface area contributed by atoms with Crippen LogP contribution >= 0.6 is 11.8 Å². The predicted octanol–water partition coefficient (Wildman–Crippen LogP) is 1.81. The molecule has 0 fully saturated rings. The molecule has 0 aromatic heterocycles. The number of ether oxygens (including phenoxy) is 1. The van der Waals surface area contributed by atoms with Crippen molar-refractivity contribution in [3.05, 3.63) is 41.1 Å². The summed E-state index contributed by atoms with van der Waals surface area (Å²) >= 11 is 1.21. The Morgan fingerprint density at radius 1 is 1.31 bits per heavy atom. The van der Waals surface area contributed by atoms with E-state index in [2.05, 4.69) is 10.3 Å².